The molecule has 1 fully saturated rings. The lowest BCUT2D eigenvalue weighted by atomic mass is 9.81. The van der Waals surface area contributed by atoms with Gasteiger partial charge in [0.05, 0.1) is 10.0 Å². The van der Waals surface area contributed by atoms with Crippen LogP contribution in [0.3, 0.4) is 0 Å². The average molecular weight is 313 g/mol. The van der Waals surface area contributed by atoms with Crippen molar-refractivity contribution >= 4 is 35.6 Å². The molecule has 0 spiro atoms. The van der Waals surface area contributed by atoms with E-state index in [1.165, 1.54) is 18.6 Å². The Morgan fingerprint density at radius 3 is 2.39 bits per heavy atom. The van der Waals surface area contributed by atoms with E-state index in [9.17, 15) is 4.39 Å². The molecule has 1 nitrogen and oxygen atoms in total. The maximum Gasteiger partial charge on any atom is 0.129 e. The highest BCUT2D eigenvalue weighted by molar-refractivity contribution is 6.42. The molecule has 0 heterocycles. The van der Waals surface area contributed by atoms with Gasteiger partial charge in [-0.05, 0) is 30.9 Å². The summed E-state index contributed by atoms with van der Waals surface area (Å²) in [6, 6.07) is 2.46. The van der Waals surface area contributed by atoms with Crippen LogP contribution < -0.4 is 5.73 Å². The normalized spacial score (nSPS) is 18.2. The van der Waals surface area contributed by atoms with Gasteiger partial charge in [-0.2, -0.15) is 0 Å². The van der Waals surface area contributed by atoms with E-state index in [-0.39, 0.29) is 29.3 Å². The second-order valence-electron chi connectivity index (χ2n) is 4.68. The number of rotatable bonds is 2. The smallest absolute Gasteiger partial charge is 0.129 e. The zero-order valence-electron chi connectivity index (χ0n) is 9.96. The van der Waals surface area contributed by atoms with Crippen LogP contribution in [0.25, 0.3) is 0 Å². The highest BCUT2D eigenvalue weighted by Gasteiger charge is 2.26. The van der Waals surface area contributed by atoms with Crippen LogP contribution in [0.4, 0.5) is 4.39 Å². The number of nitrogens with two attached hydrogens (primary N) is 1. The van der Waals surface area contributed by atoms with E-state index in [0.29, 0.717) is 16.5 Å². The molecule has 1 aromatic rings. The Balaban J connectivity index is 0.00000162. The Morgan fingerprint density at radius 1 is 1.17 bits per heavy atom. The summed E-state index contributed by atoms with van der Waals surface area (Å²) in [5.74, 6) is -0.0355. The van der Waals surface area contributed by atoms with Crippen molar-refractivity contribution in [2.24, 2.45) is 11.7 Å². The third-order valence-corrected chi connectivity index (χ3v) is 4.39. The van der Waals surface area contributed by atoms with Crippen LogP contribution >= 0.6 is 35.6 Å². The van der Waals surface area contributed by atoms with E-state index < -0.39 is 0 Å². The Kier molecular flexibility index (Phi) is 6.19. The van der Waals surface area contributed by atoms with Gasteiger partial charge >= 0.3 is 0 Å². The van der Waals surface area contributed by atoms with Crippen molar-refractivity contribution in [3.8, 4) is 0 Å². The standard InChI is InChI=1S/C13H16Cl2FN.ClH/c14-9-6-7-10(16)11(12(9)15)13(17)8-4-2-1-3-5-8;/h6-8,13H,1-5,17H2;1H/t13-;/m0./s1. The van der Waals surface area contributed by atoms with Crippen LogP contribution in [-0.2, 0) is 0 Å². The molecule has 1 atom stereocenters. The highest BCUT2D eigenvalue weighted by atomic mass is 35.5. The van der Waals surface area contributed by atoms with Gasteiger partial charge in [0.25, 0.3) is 0 Å². The molecule has 1 aliphatic carbocycles. The van der Waals surface area contributed by atoms with Gasteiger partial charge in [0, 0.05) is 11.6 Å². The molecular weight excluding hydrogens is 296 g/mol. The molecule has 0 bridgehead atoms. The molecule has 0 saturated heterocycles. The van der Waals surface area contributed by atoms with Gasteiger partial charge in [-0.1, -0.05) is 42.5 Å². The topological polar surface area (TPSA) is 26.0 Å². The minimum absolute atomic E-state index is 0. The van der Waals surface area contributed by atoms with E-state index in [2.05, 4.69) is 0 Å². The molecule has 0 aromatic heterocycles. The van der Waals surface area contributed by atoms with E-state index in [1.54, 1.807) is 0 Å². The van der Waals surface area contributed by atoms with Crippen molar-refractivity contribution in [1.82, 2.24) is 0 Å². The summed E-state index contributed by atoms with van der Waals surface area (Å²) < 4.78 is 13.8. The fourth-order valence-corrected chi connectivity index (χ4v) is 3.02. The molecule has 18 heavy (non-hydrogen) atoms. The lowest BCUT2D eigenvalue weighted by Gasteiger charge is -2.28. The van der Waals surface area contributed by atoms with Gasteiger partial charge in [-0.3, -0.25) is 0 Å². The molecule has 0 radical (unpaired) electrons. The summed E-state index contributed by atoms with van der Waals surface area (Å²) in [5.41, 5.74) is 6.54. The van der Waals surface area contributed by atoms with Crippen molar-refractivity contribution in [3.05, 3.63) is 33.6 Å². The maximum atomic E-state index is 13.8. The first-order chi connectivity index (χ1) is 8.11. The number of halogens is 4. The Bertz CT molecular complexity index is 405. The molecule has 1 aliphatic rings. The fourth-order valence-electron chi connectivity index (χ4n) is 2.58. The number of benzene rings is 1. The van der Waals surface area contributed by atoms with Crippen molar-refractivity contribution in [2.45, 2.75) is 38.1 Å². The Morgan fingerprint density at radius 2 is 1.78 bits per heavy atom. The lowest BCUT2D eigenvalue weighted by molar-refractivity contribution is 0.303. The summed E-state index contributed by atoms with van der Waals surface area (Å²) in [7, 11) is 0. The molecular formula is C13H17Cl3FN. The summed E-state index contributed by atoms with van der Waals surface area (Å²) in [4.78, 5) is 0. The van der Waals surface area contributed by atoms with Crippen LogP contribution in [-0.4, -0.2) is 0 Å². The third kappa shape index (κ3) is 3.30. The van der Waals surface area contributed by atoms with E-state index in [4.69, 9.17) is 28.9 Å². The monoisotopic (exact) mass is 311 g/mol. The van der Waals surface area contributed by atoms with E-state index in [0.717, 1.165) is 25.7 Å². The first-order valence-corrected chi connectivity index (χ1v) is 6.76. The van der Waals surface area contributed by atoms with Gasteiger partial charge < -0.3 is 5.73 Å². The van der Waals surface area contributed by atoms with Crippen molar-refractivity contribution in [3.63, 3.8) is 0 Å². The number of hydrogen-bond acceptors (Lipinski definition) is 1. The predicted molar refractivity (Wildman–Crippen MR) is 77.2 cm³/mol. The summed E-state index contributed by atoms with van der Waals surface area (Å²) in [6.45, 7) is 0. The SMILES string of the molecule is Cl.N[C@H](c1c(F)ccc(Cl)c1Cl)C1CCCCC1. The second kappa shape index (κ2) is 6.95. The predicted octanol–water partition coefficient (Wildman–Crippen LogP) is 5.13. The largest absolute Gasteiger partial charge is 0.324 e. The molecule has 1 saturated carbocycles. The third-order valence-electron chi connectivity index (χ3n) is 3.57. The van der Waals surface area contributed by atoms with Crippen molar-refractivity contribution in [1.29, 1.82) is 0 Å². The van der Waals surface area contributed by atoms with E-state index >= 15 is 0 Å². The van der Waals surface area contributed by atoms with Gasteiger partial charge in [0.1, 0.15) is 5.82 Å². The zero-order valence-corrected chi connectivity index (χ0v) is 12.3. The second-order valence-corrected chi connectivity index (χ2v) is 5.47. The van der Waals surface area contributed by atoms with Crippen LogP contribution in [0.2, 0.25) is 10.0 Å². The molecule has 0 aliphatic heterocycles. The highest BCUT2D eigenvalue weighted by Crippen LogP contribution is 2.38. The lowest BCUT2D eigenvalue weighted by Crippen LogP contribution is -2.24. The number of hydrogen-bond donors (Lipinski definition) is 1. The molecule has 5 heteroatoms. The van der Waals surface area contributed by atoms with Gasteiger partial charge in [-0.15, -0.1) is 12.4 Å². The summed E-state index contributed by atoms with van der Waals surface area (Å²) in [5, 5.41) is 0.638. The molecule has 102 valence electrons. The quantitative estimate of drug-likeness (QED) is 0.752. The maximum absolute atomic E-state index is 13.8. The molecule has 0 amide bonds. The van der Waals surface area contributed by atoms with Crippen LogP contribution in [0.5, 0.6) is 0 Å². The Hall–Kier alpha value is -0.0200. The van der Waals surface area contributed by atoms with Gasteiger partial charge in [0.2, 0.25) is 0 Å². The summed E-state index contributed by atoms with van der Waals surface area (Å²) in [6.07, 6.45) is 5.66. The average Bonchev–Trinajstić information content (AvgIpc) is 2.35. The fraction of sp³-hybridized carbons (Fsp3) is 0.538. The first kappa shape index (κ1) is 16.0. The van der Waals surface area contributed by atoms with Crippen LogP contribution in [0.15, 0.2) is 12.1 Å². The van der Waals surface area contributed by atoms with Crippen LogP contribution in [0, 0.1) is 11.7 Å². The minimum atomic E-state index is -0.350. The van der Waals surface area contributed by atoms with Gasteiger partial charge in [-0.25, -0.2) is 4.39 Å². The molecule has 0 unspecified atom stereocenters. The molecule has 2 rings (SSSR count). The van der Waals surface area contributed by atoms with Crippen molar-refractivity contribution < 1.29 is 4.39 Å². The molecule has 1 aromatic carbocycles. The zero-order chi connectivity index (χ0) is 12.4. The van der Waals surface area contributed by atoms with Gasteiger partial charge in [0.15, 0.2) is 0 Å². The Labute approximate surface area is 123 Å². The summed E-state index contributed by atoms with van der Waals surface area (Å²) >= 11 is 12.0. The van der Waals surface area contributed by atoms with E-state index in [1.807, 2.05) is 0 Å². The first-order valence-electron chi connectivity index (χ1n) is 6.00. The van der Waals surface area contributed by atoms with Crippen molar-refractivity contribution in [2.75, 3.05) is 0 Å². The molecule has 2 N–H and O–H groups in total. The van der Waals surface area contributed by atoms with Crippen LogP contribution in [0.1, 0.15) is 43.7 Å². The minimum Gasteiger partial charge on any atom is -0.324 e.